The van der Waals surface area contributed by atoms with Gasteiger partial charge in [0.1, 0.15) is 0 Å². The molecule has 3 rings (SSSR count). The van der Waals surface area contributed by atoms with E-state index in [9.17, 15) is 18.0 Å². The summed E-state index contributed by atoms with van der Waals surface area (Å²) in [5, 5.41) is 0. The van der Waals surface area contributed by atoms with E-state index in [2.05, 4.69) is 13.8 Å². The first kappa shape index (κ1) is 24.5. The number of Topliss-reactive ketones (excluding diaryl/α,β-unsaturated/α-hetero) is 1. The average molecular weight is 476 g/mol. The number of ether oxygens (including phenoxy) is 1. The molecule has 2 aromatic rings. The first-order valence-electron chi connectivity index (χ1n) is 10.7. The Bertz CT molecular complexity index is 1040. The number of carbonyl (C=O) groups is 2. The Morgan fingerprint density at radius 2 is 1.62 bits per heavy atom. The number of nitrogens with zero attached hydrogens (tertiary/aromatic N) is 1. The van der Waals surface area contributed by atoms with Crippen molar-refractivity contribution in [1.82, 2.24) is 4.31 Å². The molecule has 0 bridgehead atoms. The number of hydrogen-bond acceptors (Lipinski definition) is 6. The predicted molar refractivity (Wildman–Crippen MR) is 126 cm³/mol. The molecule has 172 valence electrons. The van der Waals surface area contributed by atoms with E-state index >= 15 is 0 Å². The van der Waals surface area contributed by atoms with Gasteiger partial charge in [0.15, 0.2) is 12.4 Å². The van der Waals surface area contributed by atoms with Gasteiger partial charge < -0.3 is 4.74 Å². The Balaban J connectivity index is 1.51. The van der Waals surface area contributed by atoms with Crippen LogP contribution in [0.15, 0.2) is 58.3 Å². The minimum atomic E-state index is -3.60. The molecular weight excluding hydrogens is 446 g/mol. The highest BCUT2D eigenvalue weighted by atomic mass is 32.2. The Morgan fingerprint density at radius 3 is 2.16 bits per heavy atom. The standard InChI is InChI=1S/C24H29NO5S2/c1-17(2)18-6-10-22(11-7-18)32(28,29)25-14-12-20(13-15-25)24(27)30-16-23(26)19-4-8-21(31-3)9-5-19/h4-11,17,20H,12-16H2,1-3H3. The lowest BCUT2D eigenvalue weighted by Crippen LogP contribution is -2.40. The van der Waals surface area contributed by atoms with E-state index < -0.39 is 21.9 Å². The average Bonchev–Trinajstić information content (AvgIpc) is 2.82. The van der Waals surface area contributed by atoms with Crippen LogP contribution in [0.2, 0.25) is 0 Å². The second-order valence-electron chi connectivity index (χ2n) is 8.16. The molecule has 0 saturated carbocycles. The number of esters is 1. The van der Waals surface area contributed by atoms with Gasteiger partial charge in [-0.05, 0) is 54.8 Å². The highest BCUT2D eigenvalue weighted by molar-refractivity contribution is 7.98. The predicted octanol–water partition coefficient (Wildman–Crippen LogP) is 4.36. The molecule has 1 heterocycles. The summed E-state index contributed by atoms with van der Waals surface area (Å²) in [6.45, 7) is 4.30. The fraction of sp³-hybridized carbons (Fsp3) is 0.417. The summed E-state index contributed by atoms with van der Waals surface area (Å²) >= 11 is 1.58. The molecule has 0 spiro atoms. The van der Waals surface area contributed by atoms with Crippen molar-refractivity contribution in [2.24, 2.45) is 5.92 Å². The quantitative estimate of drug-likeness (QED) is 0.321. The molecule has 0 aromatic heterocycles. The van der Waals surface area contributed by atoms with Crippen molar-refractivity contribution in [3.63, 3.8) is 0 Å². The number of benzene rings is 2. The molecule has 0 atom stereocenters. The lowest BCUT2D eigenvalue weighted by Gasteiger charge is -2.30. The molecule has 1 saturated heterocycles. The number of hydrogen-bond donors (Lipinski definition) is 0. The summed E-state index contributed by atoms with van der Waals surface area (Å²) < 4.78 is 32.5. The lowest BCUT2D eigenvalue weighted by atomic mass is 9.98. The zero-order valence-corrected chi connectivity index (χ0v) is 20.2. The molecule has 6 nitrogen and oxygen atoms in total. The van der Waals surface area contributed by atoms with Crippen LogP contribution in [0.1, 0.15) is 48.5 Å². The van der Waals surface area contributed by atoms with Crippen molar-refractivity contribution in [2.45, 2.75) is 42.4 Å². The van der Waals surface area contributed by atoms with E-state index in [1.54, 1.807) is 36.0 Å². The highest BCUT2D eigenvalue weighted by Gasteiger charge is 2.33. The molecule has 1 fully saturated rings. The van der Waals surface area contributed by atoms with Crippen molar-refractivity contribution in [2.75, 3.05) is 26.0 Å². The molecule has 1 aliphatic rings. The minimum absolute atomic E-state index is 0.248. The van der Waals surface area contributed by atoms with Crippen molar-refractivity contribution in [3.05, 3.63) is 59.7 Å². The van der Waals surface area contributed by atoms with Crippen LogP contribution in [0.25, 0.3) is 0 Å². The highest BCUT2D eigenvalue weighted by Crippen LogP contribution is 2.26. The first-order chi connectivity index (χ1) is 15.2. The van der Waals surface area contributed by atoms with Gasteiger partial charge in [-0.15, -0.1) is 11.8 Å². The Morgan fingerprint density at radius 1 is 1.03 bits per heavy atom. The summed E-state index contributed by atoms with van der Waals surface area (Å²) in [6.07, 6.45) is 2.70. The van der Waals surface area contributed by atoms with Gasteiger partial charge >= 0.3 is 5.97 Å². The largest absolute Gasteiger partial charge is 0.457 e. The number of rotatable bonds is 8. The monoisotopic (exact) mass is 475 g/mol. The maximum Gasteiger partial charge on any atom is 0.309 e. The van der Waals surface area contributed by atoms with E-state index in [1.807, 2.05) is 30.5 Å². The first-order valence-corrected chi connectivity index (χ1v) is 13.3. The smallest absolute Gasteiger partial charge is 0.309 e. The fourth-order valence-electron chi connectivity index (χ4n) is 3.62. The van der Waals surface area contributed by atoms with Gasteiger partial charge in [0, 0.05) is 23.5 Å². The van der Waals surface area contributed by atoms with Gasteiger partial charge in [-0.2, -0.15) is 4.31 Å². The number of piperidine rings is 1. The normalized spacial score (nSPS) is 15.6. The van der Waals surface area contributed by atoms with Crippen molar-refractivity contribution < 1.29 is 22.7 Å². The van der Waals surface area contributed by atoms with Crippen LogP contribution >= 0.6 is 11.8 Å². The summed E-state index contributed by atoms with van der Waals surface area (Å²) in [4.78, 5) is 26.0. The number of sulfonamides is 1. The van der Waals surface area contributed by atoms with Crippen LogP contribution in [0.4, 0.5) is 0 Å². The van der Waals surface area contributed by atoms with Gasteiger partial charge in [-0.3, -0.25) is 9.59 Å². The molecular formula is C24H29NO5S2. The van der Waals surface area contributed by atoms with Crippen LogP contribution in [0, 0.1) is 5.92 Å². The molecule has 2 aromatic carbocycles. The summed E-state index contributed by atoms with van der Waals surface area (Å²) in [6, 6.07) is 14.1. The molecule has 1 aliphatic heterocycles. The number of carbonyl (C=O) groups excluding carboxylic acids is 2. The van der Waals surface area contributed by atoms with Crippen molar-refractivity contribution in [3.8, 4) is 0 Å². The maximum atomic E-state index is 12.9. The summed E-state index contributed by atoms with van der Waals surface area (Å²) in [5.41, 5.74) is 1.58. The molecule has 0 radical (unpaired) electrons. The molecule has 32 heavy (non-hydrogen) atoms. The second-order valence-corrected chi connectivity index (χ2v) is 11.0. The van der Waals surface area contributed by atoms with E-state index in [0.29, 0.717) is 24.3 Å². The lowest BCUT2D eigenvalue weighted by molar-refractivity contribution is -0.148. The van der Waals surface area contributed by atoms with Crippen molar-refractivity contribution in [1.29, 1.82) is 0 Å². The molecule has 8 heteroatoms. The third kappa shape index (κ3) is 5.79. The zero-order chi connectivity index (χ0) is 23.3. The van der Waals surface area contributed by atoms with Crippen LogP contribution in [-0.4, -0.2) is 50.4 Å². The van der Waals surface area contributed by atoms with Gasteiger partial charge in [0.2, 0.25) is 10.0 Å². The molecule has 0 amide bonds. The van der Waals surface area contributed by atoms with Gasteiger partial charge in [0.05, 0.1) is 10.8 Å². The van der Waals surface area contributed by atoms with E-state index in [0.717, 1.165) is 10.5 Å². The van der Waals surface area contributed by atoms with Crippen LogP contribution in [-0.2, 0) is 19.6 Å². The topological polar surface area (TPSA) is 80.8 Å². The molecule has 0 aliphatic carbocycles. The third-order valence-electron chi connectivity index (χ3n) is 5.73. The van der Waals surface area contributed by atoms with Gasteiger partial charge in [0.25, 0.3) is 0 Å². The van der Waals surface area contributed by atoms with Crippen molar-refractivity contribution >= 4 is 33.5 Å². The SMILES string of the molecule is CSc1ccc(C(=O)COC(=O)C2CCN(S(=O)(=O)c3ccc(C(C)C)cc3)CC2)cc1. The maximum absolute atomic E-state index is 12.9. The second kappa shape index (κ2) is 10.6. The zero-order valence-electron chi connectivity index (χ0n) is 18.6. The Hall–Kier alpha value is -2.16. The number of ketones is 1. The minimum Gasteiger partial charge on any atom is -0.457 e. The van der Waals surface area contributed by atoms with E-state index in [1.165, 1.54) is 4.31 Å². The fourth-order valence-corrected chi connectivity index (χ4v) is 5.50. The molecule has 0 N–H and O–H groups in total. The Labute approximate surface area is 194 Å². The van der Waals surface area contributed by atoms with Crippen LogP contribution in [0.5, 0.6) is 0 Å². The van der Waals surface area contributed by atoms with Gasteiger partial charge in [-0.25, -0.2) is 8.42 Å². The van der Waals surface area contributed by atoms with Crippen LogP contribution < -0.4 is 0 Å². The Kier molecular flexibility index (Phi) is 8.14. The third-order valence-corrected chi connectivity index (χ3v) is 8.39. The van der Waals surface area contributed by atoms with E-state index in [4.69, 9.17) is 4.74 Å². The number of thioether (sulfide) groups is 1. The van der Waals surface area contributed by atoms with Gasteiger partial charge in [-0.1, -0.05) is 38.1 Å². The summed E-state index contributed by atoms with van der Waals surface area (Å²) in [5.74, 6) is -0.778. The molecule has 0 unspecified atom stereocenters. The van der Waals surface area contributed by atoms with E-state index in [-0.39, 0.29) is 30.4 Å². The van der Waals surface area contributed by atoms with Crippen LogP contribution in [0.3, 0.4) is 0 Å². The summed E-state index contributed by atoms with van der Waals surface area (Å²) in [7, 11) is -3.60.